The fourth-order valence-corrected chi connectivity index (χ4v) is 6.50. The first kappa shape index (κ1) is 31.8. The summed E-state index contributed by atoms with van der Waals surface area (Å²) in [5.74, 6) is 0.219. The maximum Gasteiger partial charge on any atom is 0.123 e. The third-order valence-electron chi connectivity index (χ3n) is 9.06. The van der Waals surface area contributed by atoms with E-state index in [1.165, 1.54) is 30.3 Å². The van der Waals surface area contributed by atoms with E-state index in [0.29, 0.717) is 17.4 Å². The second-order valence-corrected chi connectivity index (χ2v) is 12.5. The van der Waals surface area contributed by atoms with E-state index in [2.05, 4.69) is 12.1 Å². The van der Waals surface area contributed by atoms with Crippen molar-refractivity contribution in [2.75, 3.05) is 0 Å². The number of hydrogen-bond acceptors (Lipinski definition) is 5. The zero-order chi connectivity index (χ0) is 33.9. The Morgan fingerprint density at radius 3 is 1.71 bits per heavy atom. The molecule has 1 N–H and O–H groups in total. The second kappa shape index (κ2) is 13.8. The molecule has 2 aliphatic rings. The lowest BCUT2D eigenvalue weighted by Gasteiger charge is -2.20. The molecule has 0 amide bonds. The standard InChI is InChI=1S/C21H17FN2O.C21H15FN2/c22-15-9-7-13(8-10-15)19-16-3-1-2-4-17(16)24-21(14-5-6-14)20(19)18(25)11-12-23;22-16-11-9-14(10-12-16)20-17-4-1-2-6-19(17)24-21(15-7-8-15)18(20)5-3-13-23/h1-4,7-10,14,18,25H,5-6,11H2;1-6,9-12,15H,7-8H2/b;5-3+. The minimum absolute atomic E-state index is 0.00787. The van der Waals surface area contributed by atoms with E-state index in [-0.39, 0.29) is 18.1 Å². The van der Waals surface area contributed by atoms with Crippen LogP contribution < -0.4 is 0 Å². The van der Waals surface area contributed by atoms with Crippen LogP contribution in [-0.4, -0.2) is 15.1 Å². The third kappa shape index (κ3) is 6.67. The highest BCUT2D eigenvalue weighted by atomic mass is 19.1. The minimum atomic E-state index is -0.905. The van der Waals surface area contributed by atoms with Crippen molar-refractivity contribution in [3.8, 4) is 34.4 Å². The number of hydrogen-bond donors (Lipinski definition) is 1. The predicted molar refractivity (Wildman–Crippen MR) is 188 cm³/mol. The zero-order valence-corrected chi connectivity index (χ0v) is 26.7. The van der Waals surface area contributed by atoms with Gasteiger partial charge in [-0.15, -0.1) is 0 Å². The normalized spacial score (nSPS) is 14.6. The lowest BCUT2D eigenvalue weighted by molar-refractivity contribution is 0.182. The number of nitriles is 2. The van der Waals surface area contributed by atoms with Crippen molar-refractivity contribution in [1.82, 2.24) is 9.97 Å². The average molecular weight is 647 g/mol. The Morgan fingerprint density at radius 2 is 1.18 bits per heavy atom. The molecule has 0 radical (unpaired) electrons. The topological polar surface area (TPSA) is 93.6 Å². The first-order valence-corrected chi connectivity index (χ1v) is 16.4. The number of allylic oxidation sites excluding steroid dienone is 1. The quantitative estimate of drug-likeness (QED) is 0.174. The molecule has 240 valence electrons. The molecule has 1 atom stereocenters. The van der Waals surface area contributed by atoms with Gasteiger partial charge in [-0.2, -0.15) is 10.5 Å². The lowest BCUT2D eigenvalue weighted by Crippen LogP contribution is -2.07. The second-order valence-electron chi connectivity index (χ2n) is 12.5. The number of halogens is 2. The molecule has 5 nitrogen and oxygen atoms in total. The van der Waals surface area contributed by atoms with Gasteiger partial charge in [0.25, 0.3) is 0 Å². The summed E-state index contributed by atoms with van der Waals surface area (Å²) in [5.41, 5.74) is 9.05. The number of benzene rings is 4. The van der Waals surface area contributed by atoms with Gasteiger partial charge in [0.15, 0.2) is 0 Å². The lowest BCUT2D eigenvalue weighted by atomic mass is 9.89. The van der Waals surface area contributed by atoms with Crippen molar-refractivity contribution in [2.24, 2.45) is 0 Å². The first-order chi connectivity index (χ1) is 24.0. The molecule has 8 rings (SSSR count). The fourth-order valence-electron chi connectivity index (χ4n) is 6.50. The summed E-state index contributed by atoms with van der Waals surface area (Å²) < 4.78 is 26.8. The van der Waals surface area contributed by atoms with Crippen molar-refractivity contribution in [2.45, 2.75) is 50.0 Å². The Hall–Kier alpha value is -5.76. The molecule has 1 unspecified atom stereocenters. The molecule has 49 heavy (non-hydrogen) atoms. The molecular formula is C42H32F2N4O. The molecular weight excluding hydrogens is 614 g/mol. The molecule has 2 aliphatic carbocycles. The van der Waals surface area contributed by atoms with E-state index in [0.717, 1.165) is 86.7 Å². The highest BCUT2D eigenvalue weighted by Gasteiger charge is 2.33. The van der Waals surface area contributed by atoms with Crippen LogP contribution in [0.25, 0.3) is 50.1 Å². The highest BCUT2D eigenvalue weighted by molar-refractivity contribution is 6.00. The SMILES string of the molecule is N#C/C=C/c1c(C2CC2)nc2ccccc2c1-c1ccc(F)cc1.N#CCC(O)c1c(C2CC2)nc2ccccc2c1-c1ccc(F)cc1. The summed E-state index contributed by atoms with van der Waals surface area (Å²) in [5, 5.41) is 30.7. The van der Waals surface area contributed by atoms with E-state index >= 15 is 0 Å². The number of pyridine rings is 2. The number of nitrogens with zero attached hydrogens (tertiary/aromatic N) is 4. The summed E-state index contributed by atoms with van der Waals surface area (Å²) in [4.78, 5) is 9.66. The van der Waals surface area contributed by atoms with Crippen LogP contribution in [0.3, 0.4) is 0 Å². The minimum Gasteiger partial charge on any atom is -0.387 e. The summed E-state index contributed by atoms with van der Waals surface area (Å²) in [6.07, 6.45) is 6.77. The van der Waals surface area contributed by atoms with E-state index < -0.39 is 6.10 Å². The van der Waals surface area contributed by atoms with E-state index in [1.807, 2.05) is 54.6 Å². The molecule has 7 heteroatoms. The monoisotopic (exact) mass is 646 g/mol. The van der Waals surface area contributed by atoms with Crippen LogP contribution in [-0.2, 0) is 0 Å². The van der Waals surface area contributed by atoms with Gasteiger partial charge in [-0.25, -0.2) is 8.78 Å². The van der Waals surface area contributed by atoms with Crippen LogP contribution in [0.4, 0.5) is 8.78 Å². The Morgan fingerprint density at radius 1 is 0.694 bits per heavy atom. The maximum atomic E-state index is 13.4. The Balaban J connectivity index is 0.000000154. The van der Waals surface area contributed by atoms with Crippen molar-refractivity contribution in [1.29, 1.82) is 10.5 Å². The smallest absolute Gasteiger partial charge is 0.123 e. The molecule has 2 saturated carbocycles. The van der Waals surface area contributed by atoms with Crippen molar-refractivity contribution < 1.29 is 13.9 Å². The van der Waals surface area contributed by atoms with Gasteiger partial charge in [0, 0.05) is 45.4 Å². The van der Waals surface area contributed by atoms with E-state index in [9.17, 15) is 13.9 Å². The number of fused-ring (bicyclic) bond motifs is 2. The van der Waals surface area contributed by atoms with Crippen molar-refractivity contribution in [3.05, 3.63) is 137 Å². The Bertz CT molecular complexity index is 2280. The van der Waals surface area contributed by atoms with E-state index in [1.54, 1.807) is 24.3 Å². The van der Waals surface area contributed by atoms with Gasteiger partial charge < -0.3 is 5.11 Å². The zero-order valence-electron chi connectivity index (χ0n) is 26.7. The number of aliphatic hydroxyl groups excluding tert-OH is 1. The van der Waals surface area contributed by atoms with Crippen LogP contribution in [0.1, 0.15) is 72.6 Å². The van der Waals surface area contributed by atoms with Gasteiger partial charge in [-0.1, -0.05) is 60.7 Å². The Labute approximate surface area is 283 Å². The van der Waals surface area contributed by atoms with Crippen molar-refractivity contribution >= 4 is 27.9 Å². The molecule has 2 heterocycles. The molecule has 2 aromatic heterocycles. The van der Waals surface area contributed by atoms with Gasteiger partial charge in [-0.3, -0.25) is 9.97 Å². The molecule has 0 bridgehead atoms. The molecule has 0 aliphatic heterocycles. The highest BCUT2D eigenvalue weighted by Crippen LogP contribution is 2.48. The predicted octanol–water partition coefficient (Wildman–Crippen LogP) is 10.3. The third-order valence-corrected chi connectivity index (χ3v) is 9.06. The summed E-state index contributed by atoms with van der Waals surface area (Å²) in [7, 11) is 0. The molecule has 4 aromatic carbocycles. The van der Waals surface area contributed by atoms with Gasteiger partial charge >= 0.3 is 0 Å². The average Bonchev–Trinajstić information content (AvgIpc) is 4.05. The van der Waals surface area contributed by atoms with Crippen molar-refractivity contribution in [3.63, 3.8) is 0 Å². The maximum absolute atomic E-state index is 13.4. The van der Waals surface area contributed by atoms with E-state index in [4.69, 9.17) is 20.5 Å². The van der Waals surface area contributed by atoms with Crippen LogP contribution >= 0.6 is 0 Å². The largest absolute Gasteiger partial charge is 0.387 e. The van der Waals surface area contributed by atoms with Gasteiger partial charge in [0.1, 0.15) is 11.6 Å². The summed E-state index contributed by atoms with van der Waals surface area (Å²) >= 11 is 0. The summed E-state index contributed by atoms with van der Waals surface area (Å²) in [6.45, 7) is 0. The fraction of sp³-hybridized carbons (Fsp3) is 0.190. The first-order valence-electron chi connectivity index (χ1n) is 16.4. The van der Waals surface area contributed by atoms with Crippen LogP contribution in [0.5, 0.6) is 0 Å². The molecule has 6 aromatic rings. The molecule has 0 saturated heterocycles. The number of rotatable bonds is 7. The molecule has 0 spiro atoms. The van der Waals surface area contributed by atoms with Crippen LogP contribution in [0, 0.1) is 34.3 Å². The van der Waals surface area contributed by atoms with Gasteiger partial charge in [-0.05, 0) is 84.8 Å². The van der Waals surface area contributed by atoms with Crippen LogP contribution in [0.2, 0.25) is 0 Å². The van der Waals surface area contributed by atoms with Gasteiger partial charge in [0.2, 0.25) is 0 Å². The number of para-hydroxylation sites is 2. The Kier molecular flexibility index (Phi) is 8.94. The number of aromatic nitrogens is 2. The number of aliphatic hydroxyl groups is 1. The molecule has 2 fully saturated rings. The van der Waals surface area contributed by atoms with Crippen LogP contribution in [0.15, 0.2) is 103 Å². The summed E-state index contributed by atoms with van der Waals surface area (Å²) in [6, 6.07) is 32.7. The van der Waals surface area contributed by atoms with Gasteiger partial charge in [0.05, 0.1) is 47.1 Å².